The van der Waals surface area contributed by atoms with Crippen molar-refractivity contribution in [3.8, 4) is 0 Å². The van der Waals surface area contributed by atoms with E-state index in [9.17, 15) is 4.79 Å². The number of carbonyl (C=O) groups excluding carboxylic acids is 1. The predicted molar refractivity (Wildman–Crippen MR) is 49.5 cm³/mol. The molecule has 1 aromatic heterocycles. The van der Waals surface area contributed by atoms with Crippen LogP contribution < -0.4 is 0 Å². The summed E-state index contributed by atoms with van der Waals surface area (Å²) in [7, 11) is 1.31. The Balaban J connectivity index is 0.000000671. The van der Waals surface area contributed by atoms with E-state index in [2.05, 4.69) is 14.7 Å². The minimum atomic E-state index is -0.461. The van der Waals surface area contributed by atoms with Crippen LogP contribution in [0.15, 0.2) is 12.4 Å². The quantitative estimate of drug-likeness (QED) is 0.619. The van der Waals surface area contributed by atoms with Crippen LogP contribution in [0.4, 0.5) is 0 Å². The Morgan fingerprint density at radius 1 is 1.31 bits per heavy atom. The van der Waals surface area contributed by atoms with Crippen molar-refractivity contribution < 1.29 is 9.53 Å². The summed E-state index contributed by atoms with van der Waals surface area (Å²) in [5.41, 5.74) is 1.01. The Bertz CT molecular complexity index is 257. The smallest absolute Gasteiger partial charge is 0.358 e. The highest BCUT2D eigenvalue weighted by molar-refractivity contribution is 5.86. The van der Waals surface area contributed by atoms with E-state index in [4.69, 9.17) is 0 Å². The fraction of sp³-hybridized carbons (Fsp3) is 0.444. The van der Waals surface area contributed by atoms with E-state index in [0.717, 1.165) is 5.69 Å². The first-order valence-corrected chi connectivity index (χ1v) is 4.11. The van der Waals surface area contributed by atoms with Gasteiger partial charge in [0.05, 0.1) is 19.0 Å². The lowest BCUT2D eigenvalue weighted by atomic mass is 10.4. The molecule has 0 spiro atoms. The van der Waals surface area contributed by atoms with Crippen LogP contribution in [-0.2, 0) is 4.74 Å². The van der Waals surface area contributed by atoms with Gasteiger partial charge >= 0.3 is 5.97 Å². The summed E-state index contributed by atoms with van der Waals surface area (Å²) < 4.78 is 4.43. The van der Waals surface area contributed by atoms with E-state index >= 15 is 0 Å². The second-order valence-corrected chi connectivity index (χ2v) is 2.03. The molecule has 0 saturated heterocycles. The van der Waals surface area contributed by atoms with E-state index < -0.39 is 5.97 Å². The third-order valence-corrected chi connectivity index (χ3v) is 1.18. The molecular formula is C9H14N2O2. The van der Waals surface area contributed by atoms with Gasteiger partial charge in [0, 0.05) is 6.20 Å². The number of hydrogen-bond acceptors (Lipinski definition) is 4. The second kappa shape index (κ2) is 6.11. The lowest BCUT2D eigenvalue weighted by molar-refractivity contribution is 0.0593. The first-order valence-electron chi connectivity index (χ1n) is 4.11. The number of methoxy groups -OCH3 is 1. The SMILES string of the molecule is CC.COC(=O)c1cnc(C)cn1. The molecule has 72 valence electrons. The highest BCUT2D eigenvalue weighted by atomic mass is 16.5. The number of carbonyl (C=O) groups is 1. The van der Waals surface area contributed by atoms with Crippen LogP contribution >= 0.6 is 0 Å². The van der Waals surface area contributed by atoms with Crippen LogP contribution in [0.1, 0.15) is 30.0 Å². The van der Waals surface area contributed by atoms with Crippen molar-refractivity contribution in [3.05, 3.63) is 23.8 Å². The maximum absolute atomic E-state index is 10.8. The van der Waals surface area contributed by atoms with Crippen LogP contribution in [0.25, 0.3) is 0 Å². The van der Waals surface area contributed by atoms with E-state index in [1.54, 1.807) is 6.92 Å². The molecule has 0 aliphatic heterocycles. The Hall–Kier alpha value is -1.45. The summed E-state index contributed by atoms with van der Waals surface area (Å²) in [6.07, 6.45) is 2.91. The molecule has 13 heavy (non-hydrogen) atoms. The van der Waals surface area contributed by atoms with Crippen LogP contribution in [0, 0.1) is 6.92 Å². The maximum Gasteiger partial charge on any atom is 0.358 e. The number of hydrogen-bond donors (Lipinski definition) is 0. The minimum Gasteiger partial charge on any atom is -0.464 e. The van der Waals surface area contributed by atoms with Crippen molar-refractivity contribution in [2.24, 2.45) is 0 Å². The van der Waals surface area contributed by atoms with Gasteiger partial charge < -0.3 is 4.74 Å². The molecular weight excluding hydrogens is 168 g/mol. The van der Waals surface area contributed by atoms with Gasteiger partial charge in [-0.2, -0.15) is 0 Å². The molecule has 1 aromatic rings. The number of ether oxygens (including phenoxy) is 1. The normalized spacial score (nSPS) is 8.31. The number of rotatable bonds is 1. The van der Waals surface area contributed by atoms with E-state index in [1.807, 2.05) is 13.8 Å². The first kappa shape index (κ1) is 11.6. The molecule has 4 heteroatoms. The van der Waals surface area contributed by atoms with Crippen LogP contribution in [0.5, 0.6) is 0 Å². The van der Waals surface area contributed by atoms with Crippen LogP contribution in [-0.4, -0.2) is 23.0 Å². The van der Waals surface area contributed by atoms with Gasteiger partial charge in [-0.3, -0.25) is 4.98 Å². The molecule has 0 aliphatic rings. The van der Waals surface area contributed by atoms with Crippen molar-refractivity contribution in [1.82, 2.24) is 9.97 Å². The van der Waals surface area contributed by atoms with E-state index in [1.165, 1.54) is 19.5 Å². The summed E-state index contributed by atoms with van der Waals surface area (Å²) >= 11 is 0. The fourth-order valence-electron chi connectivity index (χ4n) is 0.603. The average molecular weight is 182 g/mol. The summed E-state index contributed by atoms with van der Waals surface area (Å²) in [6, 6.07) is 0. The van der Waals surface area contributed by atoms with Gasteiger partial charge in [0.15, 0.2) is 5.69 Å². The summed E-state index contributed by atoms with van der Waals surface area (Å²) in [4.78, 5) is 18.5. The molecule has 0 amide bonds. The number of nitrogens with zero attached hydrogens (tertiary/aromatic N) is 2. The largest absolute Gasteiger partial charge is 0.464 e. The molecule has 4 nitrogen and oxygen atoms in total. The highest BCUT2D eigenvalue weighted by Crippen LogP contribution is 1.94. The van der Waals surface area contributed by atoms with Crippen molar-refractivity contribution in [1.29, 1.82) is 0 Å². The monoisotopic (exact) mass is 182 g/mol. The van der Waals surface area contributed by atoms with Crippen molar-refractivity contribution in [3.63, 3.8) is 0 Å². The lowest BCUT2D eigenvalue weighted by Gasteiger charge is -1.96. The van der Waals surface area contributed by atoms with Crippen molar-refractivity contribution >= 4 is 5.97 Å². The Labute approximate surface area is 78.0 Å². The molecule has 0 bridgehead atoms. The Morgan fingerprint density at radius 2 is 1.92 bits per heavy atom. The maximum atomic E-state index is 10.8. The van der Waals surface area contributed by atoms with Gasteiger partial charge in [0.25, 0.3) is 0 Å². The molecule has 0 aromatic carbocycles. The number of aryl methyl sites for hydroxylation is 1. The third-order valence-electron chi connectivity index (χ3n) is 1.18. The van der Waals surface area contributed by atoms with Crippen LogP contribution in [0.3, 0.4) is 0 Å². The molecule has 0 aliphatic carbocycles. The summed E-state index contributed by atoms with van der Waals surface area (Å²) in [5, 5.41) is 0. The molecule has 0 radical (unpaired) electrons. The van der Waals surface area contributed by atoms with Gasteiger partial charge in [-0.15, -0.1) is 0 Å². The van der Waals surface area contributed by atoms with E-state index in [0.29, 0.717) is 0 Å². The van der Waals surface area contributed by atoms with Gasteiger partial charge in [-0.05, 0) is 6.92 Å². The standard InChI is InChI=1S/C7H8N2O2.C2H6/c1-5-3-9-6(4-8-5)7(10)11-2;1-2/h3-4H,1-2H3;1-2H3. The van der Waals surface area contributed by atoms with E-state index in [-0.39, 0.29) is 5.69 Å². The van der Waals surface area contributed by atoms with Crippen molar-refractivity contribution in [2.75, 3.05) is 7.11 Å². The summed E-state index contributed by atoms with van der Waals surface area (Å²) in [6.45, 7) is 5.80. The fourth-order valence-corrected chi connectivity index (χ4v) is 0.603. The zero-order valence-electron chi connectivity index (χ0n) is 8.37. The lowest BCUT2D eigenvalue weighted by Crippen LogP contribution is -2.04. The highest BCUT2D eigenvalue weighted by Gasteiger charge is 2.05. The molecule has 1 rings (SSSR count). The molecule has 0 N–H and O–H groups in total. The van der Waals surface area contributed by atoms with Gasteiger partial charge in [-0.1, -0.05) is 13.8 Å². The Kier molecular flexibility index (Phi) is 5.43. The zero-order chi connectivity index (χ0) is 10.3. The average Bonchev–Trinajstić information content (AvgIpc) is 2.21. The third kappa shape index (κ3) is 3.64. The Morgan fingerprint density at radius 3 is 2.31 bits per heavy atom. The first-order chi connectivity index (χ1) is 6.24. The molecule has 0 saturated carbocycles. The van der Waals surface area contributed by atoms with Crippen molar-refractivity contribution in [2.45, 2.75) is 20.8 Å². The number of esters is 1. The summed E-state index contributed by atoms with van der Waals surface area (Å²) in [5.74, 6) is -0.461. The molecule has 1 heterocycles. The minimum absolute atomic E-state index is 0.234. The number of aromatic nitrogens is 2. The van der Waals surface area contributed by atoms with Gasteiger partial charge in [-0.25, -0.2) is 9.78 Å². The van der Waals surface area contributed by atoms with Gasteiger partial charge in [0.2, 0.25) is 0 Å². The topological polar surface area (TPSA) is 52.1 Å². The predicted octanol–water partition coefficient (Wildman–Crippen LogP) is 1.60. The molecule has 0 unspecified atom stereocenters. The van der Waals surface area contributed by atoms with Gasteiger partial charge in [0.1, 0.15) is 0 Å². The molecule has 0 atom stereocenters. The van der Waals surface area contributed by atoms with Crippen LogP contribution in [0.2, 0.25) is 0 Å². The zero-order valence-corrected chi connectivity index (χ0v) is 8.37. The molecule has 0 fully saturated rings. The second-order valence-electron chi connectivity index (χ2n) is 2.03.